The fourth-order valence-electron chi connectivity index (χ4n) is 2.13. The number of hydrogen-bond donors (Lipinski definition) is 2. The van der Waals surface area contributed by atoms with Gasteiger partial charge in [0.25, 0.3) is 0 Å². The lowest BCUT2D eigenvalue weighted by Crippen LogP contribution is -2.12. The van der Waals surface area contributed by atoms with E-state index in [0.29, 0.717) is 17.7 Å². The molecule has 3 N–H and O–H groups in total. The first-order chi connectivity index (χ1) is 8.40. The van der Waals surface area contributed by atoms with E-state index in [9.17, 15) is 13.2 Å². The van der Waals surface area contributed by atoms with Gasteiger partial charge in [0.05, 0.1) is 10.6 Å². The Labute approximate surface area is 106 Å². The molecule has 0 spiro atoms. The van der Waals surface area contributed by atoms with E-state index in [1.54, 1.807) is 18.2 Å². The number of sulfone groups is 1. The van der Waals surface area contributed by atoms with Gasteiger partial charge in [-0.3, -0.25) is 4.79 Å². The smallest absolute Gasteiger partial charge is 0.303 e. The molecule has 1 aromatic carbocycles. The predicted octanol–water partition coefficient (Wildman–Crippen LogP) is 0.881. The van der Waals surface area contributed by atoms with E-state index in [-0.39, 0.29) is 18.2 Å². The Morgan fingerprint density at radius 2 is 2.17 bits per heavy atom. The molecule has 0 aromatic heterocycles. The highest BCUT2D eigenvalue weighted by atomic mass is 32.2. The summed E-state index contributed by atoms with van der Waals surface area (Å²) in [6.45, 7) is 0. The molecule has 6 heteroatoms. The molecule has 0 bridgehead atoms. The van der Waals surface area contributed by atoms with Crippen LogP contribution in [0.15, 0.2) is 23.1 Å². The second-order valence-corrected chi connectivity index (χ2v) is 6.55. The van der Waals surface area contributed by atoms with Gasteiger partial charge in [0.15, 0.2) is 9.84 Å². The van der Waals surface area contributed by atoms with Crippen molar-refractivity contribution in [3.63, 3.8) is 0 Å². The van der Waals surface area contributed by atoms with Gasteiger partial charge in [0, 0.05) is 12.5 Å². The Kier molecular flexibility index (Phi) is 3.41. The number of carboxylic acids is 1. The standard InChI is InChI=1S/C12H15NO4S/c13-10(2-4-12(14)15)8-1-3-11-9(7-8)5-6-18(11,16)17/h1,3,7,10H,2,4-6,13H2,(H,14,15). The molecule has 1 aromatic rings. The van der Waals surface area contributed by atoms with Crippen molar-refractivity contribution in [3.8, 4) is 0 Å². The van der Waals surface area contributed by atoms with Crippen LogP contribution < -0.4 is 5.73 Å². The number of hydrogen-bond acceptors (Lipinski definition) is 4. The van der Waals surface area contributed by atoms with Crippen molar-refractivity contribution in [2.75, 3.05) is 5.75 Å². The fourth-order valence-corrected chi connectivity index (χ4v) is 3.67. The van der Waals surface area contributed by atoms with Crippen molar-refractivity contribution in [1.82, 2.24) is 0 Å². The largest absolute Gasteiger partial charge is 0.481 e. The SMILES string of the molecule is NC(CCC(=O)O)c1ccc2c(c1)CCS2(=O)=O. The molecule has 0 fully saturated rings. The molecule has 0 saturated carbocycles. The quantitative estimate of drug-likeness (QED) is 0.845. The van der Waals surface area contributed by atoms with E-state index in [0.717, 1.165) is 11.1 Å². The zero-order chi connectivity index (χ0) is 13.3. The lowest BCUT2D eigenvalue weighted by atomic mass is 10.00. The van der Waals surface area contributed by atoms with Gasteiger partial charge in [-0.05, 0) is 30.0 Å². The van der Waals surface area contributed by atoms with Crippen molar-refractivity contribution in [1.29, 1.82) is 0 Å². The zero-order valence-corrected chi connectivity index (χ0v) is 10.6. The first-order valence-electron chi connectivity index (χ1n) is 5.73. The van der Waals surface area contributed by atoms with Crippen LogP contribution in [0, 0.1) is 0 Å². The zero-order valence-electron chi connectivity index (χ0n) is 9.80. The maximum atomic E-state index is 11.6. The summed E-state index contributed by atoms with van der Waals surface area (Å²) in [5.74, 6) is -0.731. The highest BCUT2D eigenvalue weighted by molar-refractivity contribution is 7.91. The van der Waals surface area contributed by atoms with E-state index < -0.39 is 15.8 Å². The van der Waals surface area contributed by atoms with Gasteiger partial charge in [-0.1, -0.05) is 12.1 Å². The minimum Gasteiger partial charge on any atom is -0.481 e. The second kappa shape index (κ2) is 4.70. The summed E-state index contributed by atoms with van der Waals surface area (Å²) >= 11 is 0. The number of benzene rings is 1. The van der Waals surface area contributed by atoms with Gasteiger partial charge >= 0.3 is 5.97 Å². The topological polar surface area (TPSA) is 97.5 Å². The molecule has 0 radical (unpaired) electrons. The maximum Gasteiger partial charge on any atom is 0.303 e. The summed E-state index contributed by atoms with van der Waals surface area (Å²) in [4.78, 5) is 10.9. The van der Waals surface area contributed by atoms with Crippen LogP contribution in [0.4, 0.5) is 0 Å². The molecule has 0 saturated heterocycles. The molecule has 0 aliphatic carbocycles. The fraction of sp³-hybridized carbons (Fsp3) is 0.417. The Balaban J connectivity index is 2.20. The number of aliphatic carboxylic acids is 1. The van der Waals surface area contributed by atoms with E-state index >= 15 is 0 Å². The van der Waals surface area contributed by atoms with Crippen LogP contribution in [0.1, 0.15) is 30.0 Å². The Bertz CT molecular complexity index is 580. The van der Waals surface area contributed by atoms with Gasteiger partial charge in [-0.25, -0.2) is 8.42 Å². The van der Waals surface area contributed by atoms with Crippen LogP contribution in [-0.2, 0) is 21.1 Å². The van der Waals surface area contributed by atoms with Crippen LogP contribution in [0.2, 0.25) is 0 Å². The summed E-state index contributed by atoms with van der Waals surface area (Å²) in [6.07, 6.45) is 0.870. The molecular formula is C12H15NO4S. The van der Waals surface area contributed by atoms with Crippen molar-refractivity contribution >= 4 is 15.8 Å². The van der Waals surface area contributed by atoms with E-state index in [1.807, 2.05) is 0 Å². The lowest BCUT2D eigenvalue weighted by molar-refractivity contribution is -0.137. The summed E-state index contributed by atoms with van der Waals surface area (Å²) in [5.41, 5.74) is 7.48. The van der Waals surface area contributed by atoms with Crippen molar-refractivity contribution in [2.45, 2.75) is 30.2 Å². The second-order valence-electron chi connectivity index (χ2n) is 4.47. The molecule has 1 aliphatic rings. The highest BCUT2D eigenvalue weighted by Gasteiger charge is 2.26. The maximum absolute atomic E-state index is 11.6. The van der Waals surface area contributed by atoms with Crippen LogP contribution in [0.5, 0.6) is 0 Å². The molecule has 98 valence electrons. The summed E-state index contributed by atoms with van der Waals surface area (Å²) < 4.78 is 23.3. The molecule has 0 amide bonds. The minimum atomic E-state index is -3.11. The van der Waals surface area contributed by atoms with Crippen LogP contribution in [0.3, 0.4) is 0 Å². The minimum absolute atomic E-state index is 0.0105. The molecule has 5 nitrogen and oxygen atoms in total. The van der Waals surface area contributed by atoms with Gasteiger partial charge < -0.3 is 10.8 Å². The van der Waals surface area contributed by atoms with Gasteiger partial charge in [0.2, 0.25) is 0 Å². The normalized spacial score (nSPS) is 18.3. The molecule has 2 rings (SSSR count). The van der Waals surface area contributed by atoms with E-state index in [2.05, 4.69) is 0 Å². The summed E-state index contributed by atoms with van der Waals surface area (Å²) in [7, 11) is -3.11. The van der Waals surface area contributed by atoms with Crippen LogP contribution in [0.25, 0.3) is 0 Å². The van der Waals surface area contributed by atoms with Gasteiger partial charge in [-0.2, -0.15) is 0 Å². The Morgan fingerprint density at radius 1 is 1.44 bits per heavy atom. The average Bonchev–Trinajstić information content (AvgIpc) is 2.62. The number of carboxylic acid groups (broad SMARTS) is 1. The third kappa shape index (κ3) is 2.54. The van der Waals surface area contributed by atoms with E-state index in [1.165, 1.54) is 0 Å². The Hall–Kier alpha value is -1.40. The molecule has 1 atom stereocenters. The lowest BCUT2D eigenvalue weighted by Gasteiger charge is -2.12. The number of aryl methyl sites for hydroxylation is 1. The Morgan fingerprint density at radius 3 is 2.83 bits per heavy atom. The first kappa shape index (κ1) is 13.0. The first-order valence-corrected chi connectivity index (χ1v) is 7.38. The summed E-state index contributed by atoms with van der Waals surface area (Å²) in [6, 6.07) is 4.67. The molecular weight excluding hydrogens is 254 g/mol. The number of fused-ring (bicyclic) bond motifs is 1. The van der Waals surface area contributed by atoms with Crippen molar-refractivity contribution < 1.29 is 18.3 Å². The highest BCUT2D eigenvalue weighted by Crippen LogP contribution is 2.28. The molecule has 18 heavy (non-hydrogen) atoms. The predicted molar refractivity (Wildman–Crippen MR) is 66.0 cm³/mol. The van der Waals surface area contributed by atoms with Gasteiger partial charge in [-0.15, -0.1) is 0 Å². The van der Waals surface area contributed by atoms with Gasteiger partial charge in [0.1, 0.15) is 0 Å². The van der Waals surface area contributed by atoms with E-state index in [4.69, 9.17) is 10.8 Å². The molecule has 1 aliphatic heterocycles. The third-order valence-electron chi connectivity index (χ3n) is 3.16. The van der Waals surface area contributed by atoms with Crippen molar-refractivity contribution in [2.24, 2.45) is 5.73 Å². The molecule has 1 unspecified atom stereocenters. The third-order valence-corrected chi connectivity index (χ3v) is 4.97. The van der Waals surface area contributed by atoms with Crippen molar-refractivity contribution in [3.05, 3.63) is 29.3 Å². The summed E-state index contributed by atoms with van der Waals surface area (Å²) in [5, 5.41) is 8.60. The number of rotatable bonds is 4. The average molecular weight is 269 g/mol. The number of carbonyl (C=O) groups is 1. The number of nitrogens with two attached hydrogens (primary N) is 1. The van der Waals surface area contributed by atoms with Crippen LogP contribution >= 0.6 is 0 Å². The monoisotopic (exact) mass is 269 g/mol. The van der Waals surface area contributed by atoms with Crippen LogP contribution in [-0.4, -0.2) is 25.2 Å². The molecule has 1 heterocycles.